The molecule has 3 heterocycles. The van der Waals surface area contributed by atoms with E-state index < -0.39 is 0 Å². The first-order chi connectivity index (χ1) is 12.8. The van der Waals surface area contributed by atoms with Gasteiger partial charge in [-0.15, -0.1) is 11.3 Å². The van der Waals surface area contributed by atoms with Crippen LogP contribution in [0.2, 0.25) is 0 Å². The summed E-state index contributed by atoms with van der Waals surface area (Å²) in [5.41, 5.74) is 4.71. The maximum Gasteiger partial charge on any atom is 0.0998 e. The molecule has 0 fully saturated rings. The van der Waals surface area contributed by atoms with Crippen molar-refractivity contribution in [1.29, 1.82) is 5.26 Å². The Morgan fingerprint density at radius 1 is 1.08 bits per heavy atom. The molecule has 5 nitrogen and oxygen atoms in total. The molecule has 0 amide bonds. The number of thiazole rings is 1. The molecule has 6 heteroatoms. The summed E-state index contributed by atoms with van der Waals surface area (Å²) in [7, 11) is 0. The molecule has 126 valence electrons. The summed E-state index contributed by atoms with van der Waals surface area (Å²) >= 11 is 1.63. The molecular weight excluding hydrogens is 342 g/mol. The van der Waals surface area contributed by atoms with Gasteiger partial charge in [0.15, 0.2) is 0 Å². The third kappa shape index (κ3) is 3.53. The molecule has 1 aromatic carbocycles. The van der Waals surface area contributed by atoms with E-state index in [0.717, 1.165) is 40.6 Å². The van der Waals surface area contributed by atoms with Gasteiger partial charge in [0.25, 0.3) is 0 Å². The lowest BCUT2D eigenvalue weighted by Crippen LogP contribution is -2.04. The standard InChI is InChI=1S/C20H15N5S/c21-10-15-4-6-16(7-5-15)12-25-14-22-11-17(25)9-20-24-19(13-26-20)18-3-1-2-8-23-18/h1-8,11,13-14H,9,12H2. The largest absolute Gasteiger partial charge is 0.330 e. The van der Waals surface area contributed by atoms with Gasteiger partial charge in [-0.25, -0.2) is 9.97 Å². The molecule has 0 atom stereocenters. The van der Waals surface area contributed by atoms with Crippen molar-refractivity contribution in [1.82, 2.24) is 19.5 Å². The Balaban J connectivity index is 1.50. The van der Waals surface area contributed by atoms with Crippen LogP contribution < -0.4 is 0 Å². The van der Waals surface area contributed by atoms with Crippen LogP contribution in [0.4, 0.5) is 0 Å². The molecule has 0 saturated carbocycles. The number of hydrogen-bond acceptors (Lipinski definition) is 5. The fourth-order valence-corrected chi connectivity index (χ4v) is 3.50. The second kappa shape index (κ2) is 7.30. The Morgan fingerprint density at radius 3 is 2.73 bits per heavy atom. The van der Waals surface area contributed by atoms with Crippen LogP contribution in [0, 0.1) is 11.3 Å². The highest BCUT2D eigenvalue weighted by Gasteiger charge is 2.09. The minimum absolute atomic E-state index is 0.671. The van der Waals surface area contributed by atoms with Gasteiger partial charge >= 0.3 is 0 Å². The molecule has 0 aliphatic heterocycles. The molecule has 0 bridgehead atoms. The first kappa shape index (κ1) is 16.2. The molecule has 0 N–H and O–H groups in total. The first-order valence-corrected chi connectivity index (χ1v) is 9.03. The molecule has 0 aliphatic carbocycles. The Bertz CT molecular complexity index is 1040. The van der Waals surface area contributed by atoms with Gasteiger partial charge in [0, 0.05) is 36.4 Å². The normalized spacial score (nSPS) is 10.6. The monoisotopic (exact) mass is 357 g/mol. The fraction of sp³-hybridized carbons (Fsp3) is 0.100. The quantitative estimate of drug-likeness (QED) is 0.543. The van der Waals surface area contributed by atoms with Gasteiger partial charge in [-0.2, -0.15) is 5.26 Å². The van der Waals surface area contributed by atoms with Crippen LogP contribution in [0.1, 0.15) is 21.8 Å². The number of imidazole rings is 1. The molecule has 26 heavy (non-hydrogen) atoms. The molecular formula is C20H15N5S. The molecule has 0 spiro atoms. The van der Waals surface area contributed by atoms with Gasteiger partial charge in [-0.05, 0) is 29.8 Å². The Morgan fingerprint density at radius 2 is 1.96 bits per heavy atom. The highest BCUT2D eigenvalue weighted by atomic mass is 32.1. The Kier molecular flexibility index (Phi) is 4.54. The van der Waals surface area contributed by atoms with Crippen molar-refractivity contribution in [3.05, 3.63) is 88.4 Å². The van der Waals surface area contributed by atoms with Crippen LogP contribution in [0.15, 0.2) is 66.6 Å². The SMILES string of the molecule is N#Cc1ccc(Cn2cncc2Cc2nc(-c3ccccn3)cs2)cc1. The maximum absolute atomic E-state index is 8.90. The third-order valence-electron chi connectivity index (χ3n) is 4.05. The number of pyridine rings is 1. The van der Waals surface area contributed by atoms with E-state index in [1.54, 1.807) is 17.5 Å². The number of aromatic nitrogens is 4. The number of benzene rings is 1. The van der Waals surface area contributed by atoms with Crippen LogP contribution in [0.25, 0.3) is 11.4 Å². The minimum Gasteiger partial charge on any atom is -0.330 e. The van der Waals surface area contributed by atoms with Crippen LogP contribution in [-0.2, 0) is 13.0 Å². The summed E-state index contributed by atoms with van der Waals surface area (Å²) in [6.07, 6.45) is 6.22. The van der Waals surface area contributed by atoms with E-state index in [-0.39, 0.29) is 0 Å². The summed E-state index contributed by atoms with van der Waals surface area (Å²) < 4.78 is 2.11. The predicted octanol–water partition coefficient (Wildman–Crippen LogP) is 3.91. The van der Waals surface area contributed by atoms with Crippen molar-refractivity contribution in [2.75, 3.05) is 0 Å². The van der Waals surface area contributed by atoms with Crippen LogP contribution >= 0.6 is 11.3 Å². The van der Waals surface area contributed by atoms with Crippen molar-refractivity contribution in [2.45, 2.75) is 13.0 Å². The molecule has 4 rings (SSSR count). The lowest BCUT2D eigenvalue weighted by Gasteiger charge is -2.07. The summed E-state index contributed by atoms with van der Waals surface area (Å²) in [5.74, 6) is 0. The summed E-state index contributed by atoms with van der Waals surface area (Å²) in [4.78, 5) is 13.3. The number of nitrogens with zero attached hydrogens (tertiary/aromatic N) is 5. The zero-order chi connectivity index (χ0) is 17.8. The van der Waals surface area contributed by atoms with E-state index in [4.69, 9.17) is 10.2 Å². The van der Waals surface area contributed by atoms with Crippen molar-refractivity contribution < 1.29 is 0 Å². The van der Waals surface area contributed by atoms with E-state index in [0.29, 0.717) is 5.56 Å². The fourth-order valence-electron chi connectivity index (χ4n) is 2.70. The van der Waals surface area contributed by atoms with Gasteiger partial charge in [0.1, 0.15) is 0 Å². The zero-order valence-electron chi connectivity index (χ0n) is 13.9. The Labute approximate surface area is 155 Å². The van der Waals surface area contributed by atoms with Gasteiger partial charge in [0.05, 0.1) is 34.4 Å². The Hall–Kier alpha value is -3.30. The van der Waals surface area contributed by atoms with E-state index >= 15 is 0 Å². The third-order valence-corrected chi connectivity index (χ3v) is 4.89. The number of rotatable bonds is 5. The van der Waals surface area contributed by atoms with Crippen molar-refractivity contribution >= 4 is 11.3 Å². The zero-order valence-corrected chi connectivity index (χ0v) is 14.7. The highest BCUT2D eigenvalue weighted by Crippen LogP contribution is 2.22. The molecule has 4 aromatic rings. The van der Waals surface area contributed by atoms with E-state index in [1.807, 2.05) is 60.4 Å². The smallest absolute Gasteiger partial charge is 0.0998 e. The average Bonchev–Trinajstić information content (AvgIpc) is 3.33. The van der Waals surface area contributed by atoms with Gasteiger partial charge in [-0.1, -0.05) is 18.2 Å². The van der Waals surface area contributed by atoms with E-state index in [1.165, 1.54) is 0 Å². The second-order valence-corrected chi connectivity index (χ2v) is 6.78. The lowest BCUT2D eigenvalue weighted by molar-refractivity contribution is 0.752. The summed E-state index contributed by atoms with van der Waals surface area (Å²) in [5, 5.41) is 12.0. The maximum atomic E-state index is 8.90. The molecule has 0 aliphatic rings. The number of hydrogen-bond donors (Lipinski definition) is 0. The van der Waals surface area contributed by atoms with Gasteiger partial charge < -0.3 is 4.57 Å². The summed E-state index contributed by atoms with van der Waals surface area (Å²) in [6, 6.07) is 15.6. The van der Waals surface area contributed by atoms with Gasteiger partial charge in [0.2, 0.25) is 0 Å². The highest BCUT2D eigenvalue weighted by molar-refractivity contribution is 7.10. The molecule has 0 unspecified atom stereocenters. The topological polar surface area (TPSA) is 67.4 Å². The van der Waals surface area contributed by atoms with E-state index in [2.05, 4.69) is 20.6 Å². The lowest BCUT2D eigenvalue weighted by atomic mass is 10.1. The van der Waals surface area contributed by atoms with Gasteiger partial charge in [-0.3, -0.25) is 4.98 Å². The van der Waals surface area contributed by atoms with Crippen LogP contribution in [0.3, 0.4) is 0 Å². The number of nitriles is 1. The predicted molar refractivity (Wildman–Crippen MR) is 101 cm³/mol. The second-order valence-electron chi connectivity index (χ2n) is 5.84. The van der Waals surface area contributed by atoms with Crippen molar-refractivity contribution in [2.24, 2.45) is 0 Å². The minimum atomic E-state index is 0.671. The van der Waals surface area contributed by atoms with Crippen LogP contribution in [-0.4, -0.2) is 19.5 Å². The van der Waals surface area contributed by atoms with E-state index in [9.17, 15) is 0 Å². The van der Waals surface area contributed by atoms with Crippen molar-refractivity contribution in [3.8, 4) is 17.5 Å². The average molecular weight is 357 g/mol. The molecule has 3 aromatic heterocycles. The first-order valence-electron chi connectivity index (χ1n) is 8.15. The van der Waals surface area contributed by atoms with Crippen molar-refractivity contribution in [3.63, 3.8) is 0 Å². The van der Waals surface area contributed by atoms with Crippen LogP contribution in [0.5, 0.6) is 0 Å². The molecule has 0 radical (unpaired) electrons. The summed E-state index contributed by atoms with van der Waals surface area (Å²) in [6.45, 7) is 0.722. The molecule has 0 saturated heterocycles.